The summed E-state index contributed by atoms with van der Waals surface area (Å²) in [5.74, 6) is 1.83. The minimum Gasteiger partial charge on any atom is -0.544 e. The van der Waals surface area contributed by atoms with Crippen molar-refractivity contribution < 1.29 is 8.85 Å². The van der Waals surface area contributed by atoms with Crippen LogP contribution >= 0.6 is 0 Å². The molecule has 4 heteroatoms. The average molecular weight is 347 g/mol. The number of aryl methyl sites for hydroxylation is 1. The molecule has 1 aromatic carbocycles. The third kappa shape index (κ3) is 5.11. The van der Waals surface area contributed by atoms with Crippen LogP contribution in [0, 0.1) is 0 Å². The lowest BCUT2D eigenvalue weighted by Gasteiger charge is -2.28. The lowest BCUT2D eigenvalue weighted by atomic mass is 10.0. The third-order valence-corrected chi connectivity index (χ3v) is 5.26. The first-order valence-corrected chi connectivity index (χ1v) is 15.3. The summed E-state index contributed by atoms with van der Waals surface area (Å²) in [6, 6.07) is 8.60. The molecule has 126 valence electrons. The summed E-state index contributed by atoms with van der Waals surface area (Å²) >= 11 is 0. The summed E-state index contributed by atoms with van der Waals surface area (Å²) in [5, 5.41) is 0. The second kappa shape index (κ2) is 6.69. The fraction of sp³-hybridized carbons (Fsp3) is 0.474. The fourth-order valence-corrected chi connectivity index (χ4v) is 4.52. The Labute approximate surface area is 143 Å². The summed E-state index contributed by atoms with van der Waals surface area (Å²) in [7, 11) is -3.40. The number of fused-ring (bicyclic) bond motifs is 1. The Hall–Kier alpha value is -1.27. The van der Waals surface area contributed by atoms with Crippen LogP contribution in [0.25, 0.3) is 5.76 Å². The number of hydrogen-bond donors (Lipinski definition) is 0. The maximum absolute atomic E-state index is 6.53. The largest absolute Gasteiger partial charge is 0.544 e. The fourth-order valence-electron chi connectivity index (χ4n) is 2.81. The van der Waals surface area contributed by atoms with Crippen molar-refractivity contribution in [3.63, 3.8) is 0 Å². The molecule has 2 nitrogen and oxygen atoms in total. The second-order valence-corrected chi connectivity index (χ2v) is 17.0. The molecule has 0 radical (unpaired) electrons. The van der Waals surface area contributed by atoms with Gasteiger partial charge in [0.25, 0.3) is 0 Å². The standard InChI is InChI=1S/C19H30O2Si2/c1-15(20-22(2,3)4)17-14-10-12-16-11-8-9-13-18(16)19(17)21-23(5,6)7/h8-9,11,13H,1,10,12,14H2,2-7H3. The molecule has 0 atom stereocenters. The molecule has 0 heterocycles. The van der Waals surface area contributed by atoms with Gasteiger partial charge in [0.15, 0.2) is 0 Å². The molecule has 0 spiro atoms. The molecule has 2 rings (SSSR count). The average Bonchev–Trinajstić information content (AvgIpc) is 2.55. The van der Waals surface area contributed by atoms with Crippen LogP contribution in [0.4, 0.5) is 0 Å². The summed E-state index contributed by atoms with van der Waals surface area (Å²) in [6.45, 7) is 17.5. The lowest BCUT2D eigenvalue weighted by Crippen LogP contribution is -2.27. The Morgan fingerprint density at radius 3 is 2.22 bits per heavy atom. The van der Waals surface area contributed by atoms with Crippen LogP contribution in [0.2, 0.25) is 39.3 Å². The molecule has 0 saturated heterocycles. The van der Waals surface area contributed by atoms with Crippen LogP contribution in [0.15, 0.2) is 42.2 Å². The maximum atomic E-state index is 6.53. The molecule has 0 saturated carbocycles. The highest BCUT2D eigenvalue weighted by Gasteiger charge is 2.28. The molecule has 0 fully saturated rings. The smallest absolute Gasteiger partial charge is 0.242 e. The predicted molar refractivity (Wildman–Crippen MR) is 104 cm³/mol. The third-order valence-electron chi connectivity index (χ3n) is 3.58. The Balaban J connectivity index is 2.53. The van der Waals surface area contributed by atoms with E-state index in [4.69, 9.17) is 8.85 Å². The molecule has 0 bridgehead atoms. The van der Waals surface area contributed by atoms with Crippen molar-refractivity contribution in [1.29, 1.82) is 0 Å². The van der Waals surface area contributed by atoms with Crippen LogP contribution in [0.5, 0.6) is 0 Å². The monoisotopic (exact) mass is 346 g/mol. The summed E-state index contributed by atoms with van der Waals surface area (Å²) in [4.78, 5) is 0. The van der Waals surface area contributed by atoms with Gasteiger partial charge in [-0.3, -0.25) is 0 Å². The molecule has 0 aliphatic heterocycles. The highest BCUT2D eigenvalue weighted by atomic mass is 28.4. The normalized spacial score (nSPS) is 15.7. The number of allylic oxidation sites excluding steroid dienone is 1. The molecule has 0 N–H and O–H groups in total. The Kier molecular flexibility index (Phi) is 5.26. The highest BCUT2D eigenvalue weighted by Crippen LogP contribution is 2.36. The minimum atomic E-state index is -1.72. The van der Waals surface area contributed by atoms with E-state index in [2.05, 4.69) is 70.1 Å². The Morgan fingerprint density at radius 2 is 1.61 bits per heavy atom. The van der Waals surface area contributed by atoms with Crippen LogP contribution in [-0.2, 0) is 15.3 Å². The topological polar surface area (TPSA) is 18.5 Å². The molecule has 1 aliphatic rings. The van der Waals surface area contributed by atoms with Crippen molar-refractivity contribution in [2.24, 2.45) is 0 Å². The van der Waals surface area contributed by atoms with Gasteiger partial charge in [0.05, 0.1) is 0 Å². The SMILES string of the molecule is C=C(O[Si](C)(C)C)C1=C(O[Si](C)(C)C)c2ccccc2CCC1. The highest BCUT2D eigenvalue weighted by molar-refractivity contribution is 6.70. The van der Waals surface area contributed by atoms with Gasteiger partial charge in [0.1, 0.15) is 11.5 Å². The maximum Gasteiger partial charge on any atom is 0.242 e. The molecule has 0 unspecified atom stereocenters. The predicted octanol–water partition coefficient (Wildman–Crippen LogP) is 5.95. The van der Waals surface area contributed by atoms with E-state index in [1.807, 2.05) is 0 Å². The van der Waals surface area contributed by atoms with Crippen molar-refractivity contribution in [3.05, 3.63) is 53.3 Å². The van der Waals surface area contributed by atoms with Crippen LogP contribution < -0.4 is 0 Å². The first kappa shape index (κ1) is 18.1. The van der Waals surface area contributed by atoms with E-state index in [1.54, 1.807) is 0 Å². The Bertz CT molecular complexity index is 619. The van der Waals surface area contributed by atoms with Crippen molar-refractivity contribution in [2.45, 2.75) is 58.5 Å². The summed E-state index contributed by atoms with van der Waals surface area (Å²) in [5.41, 5.74) is 3.76. The van der Waals surface area contributed by atoms with Gasteiger partial charge in [-0.25, -0.2) is 0 Å². The van der Waals surface area contributed by atoms with Crippen LogP contribution in [0.1, 0.15) is 24.0 Å². The van der Waals surface area contributed by atoms with Gasteiger partial charge in [-0.15, -0.1) is 0 Å². The van der Waals surface area contributed by atoms with E-state index in [-0.39, 0.29) is 0 Å². The van der Waals surface area contributed by atoms with E-state index in [0.29, 0.717) is 0 Å². The number of benzene rings is 1. The van der Waals surface area contributed by atoms with Gasteiger partial charge in [-0.2, -0.15) is 0 Å². The van der Waals surface area contributed by atoms with E-state index in [1.165, 1.54) is 16.7 Å². The summed E-state index contributed by atoms with van der Waals surface area (Å²) in [6.07, 6.45) is 3.16. The number of hydrogen-bond acceptors (Lipinski definition) is 2. The molecule has 0 aromatic heterocycles. The minimum absolute atomic E-state index is 0.814. The molecule has 1 aliphatic carbocycles. The van der Waals surface area contributed by atoms with Gasteiger partial charge in [0, 0.05) is 11.1 Å². The molecular formula is C19H30O2Si2. The van der Waals surface area contributed by atoms with Gasteiger partial charge in [-0.05, 0) is 64.1 Å². The molecule has 0 amide bonds. The van der Waals surface area contributed by atoms with Crippen molar-refractivity contribution >= 4 is 22.4 Å². The quantitative estimate of drug-likeness (QED) is 0.484. The van der Waals surface area contributed by atoms with Crippen molar-refractivity contribution in [1.82, 2.24) is 0 Å². The molecule has 1 aromatic rings. The number of rotatable bonds is 5. The van der Waals surface area contributed by atoms with Gasteiger partial charge < -0.3 is 8.85 Å². The molecular weight excluding hydrogens is 316 g/mol. The van der Waals surface area contributed by atoms with E-state index >= 15 is 0 Å². The Morgan fingerprint density at radius 1 is 0.957 bits per heavy atom. The zero-order valence-electron chi connectivity index (χ0n) is 15.5. The second-order valence-electron chi connectivity index (χ2n) is 8.17. The van der Waals surface area contributed by atoms with Crippen LogP contribution in [-0.4, -0.2) is 16.6 Å². The van der Waals surface area contributed by atoms with E-state index in [0.717, 1.165) is 30.8 Å². The molecule has 23 heavy (non-hydrogen) atoms. The van der Waals surface area contributed by atoms with Gasteiger partial charge in [0.2, 0.25) is 16.6 Å². The lowest BCUT2D eigenvalue weighted by molar-refractivity contribution is 0.423. The van der Waals surface area contributed by atoms with E-state index in [9.17, 15) is 0 Å². The van der Waals surface area contributed by atoms with Gasteiger partial charge >= 0.3 is 0 Å². The first-order chi connectivity index (χ1) is 10.6. The van der Waals surface area contributed by atoms with Crippen LogP contribution in [0.3, 0.4) is 0 Å². The van der Waals surface area contributed by atoms with Gasteiger partial charge in [-0.1, -0.05) is 30.8 Å². The zero-order chi connectivity index (χ0) is 17.3. The van der Waals surface area contributed by atoms with Crippen molar-refractivity contribution in [3.8, 4) is 0 Å². The van der Waals surface area contributed by atoms with E-state index < -0.39 is 16.6 Å². The summed E-state index contributed by atoms with van der Waals surface area (Å²) < 4.78 is 12.7. The van der Waals surface area contributed by atoms with Crippen molar-refractivity contribution in [2.75, 3.05) is 0 Å². The first-order valence-electron chi connectivity index (χ1n) is 8.45. The zero-order valence-corrected chi connectivity index (χ0v) is 17.5.